The maximum Gasteiger partial charge on any atom is 0.308 e. The van der Waals surface area contributed by atoms with Crippen LogP contribution >= 0.6 is 11.3 Å². The molecule has 6 nitrogen and oxygen atoms in total. The number of carboxylic acids is 1. The highest BCUT2D eigenvalue weighted by Crippen LogP contribution is 2.24. The van der Waals surface area contributed by atoms with Gasteiger partial charge in [-0.3, -0.25) is 9.59 Å². The lowest BCUT2D eigenvalue weighted by molar-refractivity contribution is -0.142. The second kappa shape index (κ2) is 7.51. The van der Waals surface area contributed by atoms with Crippen molar-refractivity contribution in [2.24, 2.45) is 11.7 Å². The van der Waals surface area contributed by atoms with E-state index in [2.05, 4.69) is 10.3 Å². The van der Waals surface area contributed by atoms with Crippen molar-refractivity contribution in [3.05, 3.63) is 16.1 Å². The Morgan fingerprint density at radius 2 is 2.14 bits per heavy atom. The zero-order valence-electron chi connectivity index (χ0n) is 11.9. The van der Waals surface area contributed by atoms with E-state index in [1.807, 2.05) is 0 Å². The average Bonchev–Trinajstić information content (AvgIpc) is 2.78. The molecule has 2 rings (SSSR count). The van der Waals surface area contributed by atoms with E-state index in [4.69, 9.17) is 5.73 Å². The fourth-order valence-corrected chi connectivity index (χ4v) is 3.47. The first-order chi connectivity index (χ1) is 10.1. The van der Waals surface area contributed by atoms with Crippen molar-refractivity contribution >= 4 is 23.2 Å². The number of amides is 1. The number of rotatable bonds is 5. The molecule has 1 saturated carbocycles. The molecule has 1 aromatic rings. The Hall–Kier alpha value is -1.47. The molecule has 21 heavy (non-hydrogen) atoms. The number of nitrogens with zero attached hydrogens (tertiary/aromatic N) is 1. The van der Waals surface area contributed by atoms with Gasteiger partial charge in [0.15, 0.2) is 0 Å². The molecule has 4 N–H and O–H groups in total. The fourth-order valence-electron chi connectivity index (χ4n) is 2.67. The molecule has 0 radical (unpaired) electrons. The van der Waals surface area contributed by atoms with Gasteiger partial charge < -0.3 is 16.2 Å². The van der Waals surface area contributed by atoms with Gasteiger partial charge in [0.2, 0.25) is 0 Å². The lowest BCUT2D eigenvalue weighted by Crippen LogP contribution is -2.43. The second-order valence-corrected chi connectivity index (χ2v) is 6.27. The van der Waals surface area contributed by atoms with E-state index in [1.54, 1.807) is 5.38 Å². The van der Waals surface area contributed by atoms with Crippen LogP contribution in [0.4, 0.5) is 0 Å². The highest BCUT2D eigenvalue weighted by atomic mass is 32.1. The summed E-state index contributed by atoms with van der Waals surface area (Å²) in [7, 11) is 0. The molecule has 2 atom stereocenters. The van der Waals surface area contributed by atoms with Crippen LogP contribution in [0.3, 0.4) is 0 Å². The van der Waals surface area contributed by atoms with Crippen LogP contribution in [-0.4, -0.2) is 34.6 Å². The van der Waals surface area contributed by atoms with E-state index in [1.165, 1.54) is 11.3 Å². The molecule has 0 saturated heterocycles. The van der Waals surface area contributed by atoms with E-state index < -0.39 is 11.9 Å². The molecule has 1 aromatic heterocycles. The van der Waals surface area contributed by atoms with Gasteiger partial charge in [-0.25, -0.2) is 4.98 Å². The van der Waals surface area contributed by atoms with Crippen LogP contribution in [0.1, 0.15) is 47.6 Å². The van der Waals surface area contributed by atoms with Crippen LogP contribution in [-0.2, 0) is 11.2 Å². The normalized spacial score (nSPS) is 22.5. The quantitative estimate of drug-likeness (QED) is 0.713. The number of carboxylic acid groups (broad SMARTS) is 1. The maximum absolute atomic E-state index is 12.2. The number of nitrogens with two attached hydrogens (primary N) is 1. The van der Waals surface area contributed by atoms with E-state index in [9.17, 15) is 14.7 Å². The molecule has 0 spiro atoms. The Morgan fingerprint density at radius 1 is 1.38 bits per heavy atom. The summed E-state index contributed by atoms with van der Waals surface area (Å²) in [6, 6.07) is -0.308. The first-order valence-electron chi connectivity index (χ1n) is 7.30. The zero-order valence-corrected chi connectivity index (χ0v) is 12.7. The third-order valence-electron chi connectivity index (χ3n) is 3.79. The van der Waals surface area contributed by atoms with Gasteiger partial charge >= 0.3 is 5.97 Å². The van der Waals surface area contributed by atoms with Gasteiger partial charge in [-0.1, -0.05) is 19.3 Å². The largest absolute Gasteiger partial charge is 0.481 e. The predicted molar refractivity (Wildman–Crippen MR) is 80.3 cm³/mol. The number of aromatic nitrogens is 1. The number of carbonyl (C=O) groups excluding carboxylic acids is 1. The Kier molecular flexibility index (Phi) is 5.69. The number of nitrogens with one attached hydrogen (secondary N) is 1. The Balaban J connectivity index is 2.03. The van der Waals surface area contributed by atoms with Crippen molar-refractivity contribution in [3.8, 4) is 0 Å². The number of aliphatic carboxylic acids is 1. The van der Waals surface area contributed by atoms with Crippen molar-refractivity contribution in [2.75, 3.05) is 6.54 Å². The van der Waals surface area contributed by atoms with Crippen molar-refractivity contribution < 1.29 is 14.7 Å². The number of hydrogen-bond acceptors (Lipinski definition) is 5. The average molecular weight is 311 g/mol. The van der Waals surface area contributed by atoms with Gasteiger partial charge in [-0.2, -0.15) is 0 Å². The summed E-state index contributed by atoms with van der Waals surface area (Å²) in [4.78, 5) is 27.8. The number of hydrogen-bond donors (Lipinski definition) is 3. The predicted octanol–water partition coefficient (Wildman–Crippen LogP) is 1.41. The molecule has 2 unspecified atom stereocenters. The van der Waals surface area contributed by atoms with E-state index in [0.717, 1.165) is 24.3 Å². The summed E-state index contributed by atoms with van der Waals surface area (Å²) in [5, 5.41) is 14.7. The molecule has 1 aliphatic rings. The van der Waals surface area contributed by atoms with Crippen LogP contribution in [0.25, 0.3) is 0 Å². The summed E-state index contributed by atoms with van der Waals surface area (Å²) in [6.07, 6.45) is 4.86. The highest BCUT2D eigenvalue weighted by molar-refractivity contribution is 7.09. The summed E-state index contributed by atoms with van der Waals surface area (Å²) >= 11 is 1.41. The van der Waals surface area contributed by atoms with Gasteiger partial charge in [0, 0.05) is 17.8 Å². The van der Waals surface area contributed by atoms with Crippen LogP contribution in [0.15, 0.2) is 5.38 Å². The molecule has 116 valence electrons. The SMILES string of the molecule is NCCc1nc(C(=O)NC2CCCCCC2C(=O)O)cs1. The lowest BCUT2D eigenvalue weighted by atomic mass is 9.95. The minimum Gasteiger partial charge on any atom is -0.481 e. The number of carbonyl (C=O) groups is 2. The third-order valence-corrected chi connectivity index (χ3v) is 4.70. The zero-order chi connectivity index (χ0) is 15.2. The van der Waals surface area contributed by atoms with Gasteiger partial charge in [-0.05, 0) is 19.4 Å². The molecule has 7 heteroatoms. The molecule has 1 fully saturated rings. The summed E-state index contributed by atoms with van der Waals surface area (Å²) in [6.45, 7) is 0.498. The second-order valence-electron chi connectivity index (χ2n) is 5.33. The molecule has 0 aromatic carbocycles. The standard InChI is InChI=1S/C14H21N3O3S/c15-7-6-12-16-11(8-21-12)13(18)17-10-5-3-1-2-4-9(10)14(19)20/h8-10H,1-7,15H2,(H,17,18)(H,19,20). The first kappa shape index (κ1) is 15.9. The first-order valence-corrected chi connectivity index (χ1v) is 8.18. The molecule has 1 heterocycles. The topological polar surface area (TPSA) is 105 Å². The molecule has 0 aliphatic heterocycles. The summed E-state index contributed by atoms with van der Waals surface area (Å²) in [5.74, 6) is -1.62. The lowest BCUT2D eigenvalue weighted by Gasteiger charge is -2.22. The van der Waals surface area contributed by atoms with E-state index in [0.29, 0.717) is 31.5 Å². The minimum absolute atomic E-state index is 0.285. The maximum atomic E-state index is 12.2. The Morgan fingerprint density at radius 3 is 2.86 bits per heavy atom. The fraction of sp³-hybridized carbons (Fsp3) is 0.643. The van der Waals surface area contributed by atoms with Crippen LogP contribution in [0, 0.1) is 5.92 Å². The summed E-state index contributed by atoms with van der Waals surface area (Å²) in [5.41, 5.74) is 5.82. The molecule has 1 amide bonds. The van der Waals surface area contributed by atoms with Gasteiger partial charge in [0.25, 0.3) is 5.91 Å². The molecular formula is C14H21N3O3S. The third kappa shape index (κ3) is 4.25. The molecular weight excluding hydrogens is 290 g/mol. The van der Waals surface area contributed by atoms with Crippen molar-refractivity contribution in [3.63, 3.8) is 0 Å². The van der Waals surface area contributed by atoms with Gasteiger partial charge in [0.05, 0.1) is 10.9 Å². The monoisotopic (exact) mass is 311 g/mol. The van der Waals surface area contributed by atoms with Crippen LogP contribution in [0.2, 0.25) is 0 Å². The smallest absolute Gasteiger partial charge is 0.308 e. The van der Waals surface area contributed by atoms with Crippen LogP contribution < -0.4 is 11.1 Å². The summed E-state index contributed by atoms with van der Waals surface area (Å²) < 4.78 is 0. The van der Waals surface area contributed by atoms with E-state index in [-0.39, 0.29) is 11.9 Å². The Bertz CT molecular complexity index is 503. The highest BCUT2D eigenvalue weighted by Gasteiger charge is 2.31. The van der Waals surface area contributed by atoms with Gasteiger partial charge in [0.1, 0.15) is 5.69 Å². The molecule has 0 bridgehead atoms. The van der Waals surface area contributed by atoms with Crippen molar-refractivity contribution in [2.45, 2.75) is 44.6 Å². The van der Waals surface area contributed by atoms with Crippen molar-refractivity contribution in [1.29, 1.82) is 0 Å². The van der Waals surface area contributed by atoms with Crippen molar-refractivity contribution in [1.82, 2.24) is 10.3 Å². The van der Waals surface area contributed by atoms with Gasteiger partial charge in [-0.15, -0.1) is 11.3 Å². The Labute approximate surface area is 127 Å². The molecule has 1 aliphatic carbocycles. The van der Waals surface area contributed by atoms with Crippen LogP contribution in [0.5, 0.6) is 0 Å². The van der Waals surface area contributed by atoms with E-state index >= 15 is 0 Å². The minimum atomic E-state index is -0.829. The number of thiazole rings is 1.